The van der Waals surface area contributed by atoms with Gasteiger partial charge in [-0.2, -0.15) is 0 Å². The standard InChI is InChI=1S/C24H37NO3/c1-15(2)14-25-18-12-19(26)22(28)17(21(18)27)13-24(5)16(3)9-11-23(4)10-7-6-8-20(23)24/h12,15-16,20,25,27H,6-11,13-14H2,1-5H3. The maximum Gasteiger partial charge on any atom is 0.232 e. The Balaban J connectivity index is 1.94. The number of aliphatic hydroxyl groups is 1. The molecule has 156 valence electrons. The third-order valence-corrected chi connectivity index (χ3v) is 7.97. The van der Waals surface area contributed by atoms with Crippen LogP contribution in [0.1, 0.15) is 79.6 Å². The van der Waals surface area contributed by atoms with Crippen LogP contribution in [-0.2, 0) is 9.59 Å². The Morgan fingerprint density at radius 3 is 2.57 bits per heavy atom. The highest BCUT2D eigenvalue weighted by Crippen LogP contribution is 2.61. The molecular formula is C24H37NO3. The molecule has 0 heterocycles. The predicted octanol–water partition coefficient (Wildman–Crippen LogP) is 5.10. The van der Waals surface area contributed by atoms with E-state index < -0.39 is 11.6 Å². The van der Waals surface area contributed by atoms with Crippen molar-refractivity contribution < 1.29 is 14.7 Å². The summed E-state index contributed by atoms with van der Waals surface area (Å²) in [6, 6.07) is 0. The molecule has 3 aliphatic carbocycles. The molecule has 0 aliphatic heterocycles. The maximum atomic E-state index is 12.7. The fraction of sp³-hybridized carbons (Fsp3) is 0.750. The molecule has 0 radical (unpaired) electrons. The number of allylic oxidation sites excluding steroid dienone is 2. The molecule has 4 nitrogen and oxygen atoms in total. The zero-order chi connectivity index (χ0) is 20.7. The molecule has 4 unspecified atom stereocenters. The van der Waals surface area contributed by atoms with Gasteiger partial charge in [-0.1, -0.05) is 47.5 Å². The van der Waals surface area contributed by atoms with Crippen molar-refractivity contribution >= 4 is 11.6 Å². The van der Waals surface area contributed by atoms with E-state index in [9.17, 15) is 14.7 Å². The molecule has 2 N–H and O–H groups in total. The second-order valence-electron chi connectivity index (χ2n) is 10.4. The molecule has 0 aromatic heterocycles. The summed E-state index contributed by atoms with van der Waals surface area (Å²) in [5.41, 5.74) is 0.966. The summed E-state index contributed by atoms with van der Waals surface area (Å²) < 4.78 is 0. The lowest BCUT2D eigenvalue weighted by Gasteiger charge is -2.58. The lowest BCUT2D eigenvalue weighted by atomic mass is 9.47. The van der Waals surface area contributed by atoms with Gasteiger partial charge in [-0.3, -0.25) is 9.59 Å². The number of aliphatic hydroxyl groups excluding tert-OH is 1. The van der Waals surface area contributed by atoms with Gasteiger partial charge in [0.25, 0.3) is 0 Å². The van der Waals surface area contributed by atoms with Crippen molar-refractivity contribution in [1.82, 2.24) is 5.32 Å². The van der Waals surface area contributed by atoms with Crippen molar-refractivity contribution in [3.63, 3.8) is 0 Å². The Morgan fingerprint density at radius 2 is 1.89 bits per heavy atom. The van der Waals surface area contributed by atoms with Crippen molar-refractivity contribution in [2.24, 2.45) is 28.6 Å². The first-order valence-electron chi connectivity index (χ1n) is 11.0. The summed E-state index contributed by atoms with van der Waals surface area (Å²) in [6.07, 6.45) is 9.10. The van der Waals surface area contributed by atoms with E-state index in [2.05, 4.69) is 39.9 Å². The van der Waals surface area contributed by atoms with Gasteiger partial charge < -0.3 is 10.4 Å². The Kier molecular flexibility index (Phi) is 5.80. The first kappa shape index (κ1) is 21.1. The zero-order valence-electron chi connectivity index (χ0n) is 18.2. The van der Waals surface area contributed by atoms with Crippen molar-refractivity contribution in [3.05, 3.63) is 23.1 Å². The number of hydrogen-bond acceptors (Lipinski definition) is 4. The lowest BCUT2D eigenvalue weighted by molar-refractivity contribution is -0.132. The summed E-state index contributed by atoms with van der Waals surface area (Å²) >= 11 is 0. The molecule has 2 saturated carbocycles. The summed E-state index contributed by atoms with van der Waals surface area (Å²) in [5.74, 6) is 0.315. The van der Waals surface area contributed by atoms with E-state index in [0.717, 1.165) is 6.42 Å². The van der Waals surface area contributed by atoms with Crippen molar-refractivity contribution in [3.8, 4) is 0 Å². The number of carbonyl (C=O) groups is 2. The van der Waals surface area contributed by atoms with Gasteiger partial charge in [-0.15, -0.1) is 0 Å². The van der Waals surface area contributed by atoms with E-state index in [1.54, 1.807) is 0 Å². The summed E-state index contributed by atoms with van der Waals surface area (Å²) in [6.45, 7) is 11.8. The number of rotatable bonds is 5. The molecule has 3 rings (SSSR count). The molecule has 0 spiro atoms. The molecule has 0 saturated heterocycles. The number of nitrogens with one attached hydrogen (secondary N) is 1. The highest BCUT2D eigenvalue weighted by molar-refractivity contribution is 6.48. The highest BCUT2D eigenvalue weighted by atomic mass is 16.3. The minimum Gasteiger partial charge on any atom is -0.505 e. The quantitative estimate of drug-likeness (QED) is 0.508. The average Bonchev–Trinajstić information content (AvgIpc) is 2.64. The summed E-state index contributed by atoms with van der Waals surface area (Å²) in [7, 11) is 0. The van der Waals surface area contributed by atoms with Gasteiger partial charge in [0, 0.05) is 18.2 Å². The summed E-state index contributed by atoms with van der Waals surface area (Å²) in [4.78, 5) is 25.1. The average molecular weight is 388 g/mol. The van der Waals surface area contributed by atoms with Crippen LogP contribution in [0.3, 0.4) is 0 Å². The molecular weight excluding hydrogens is 350 g/mol. The lowest BCUT2D eigenvalue weighted by Crippen LogP contribution is -2.50. The molecule has 0 bridgehead atoms. The van der Waals surface area contributed by atoms with Crippen LogP contribution in [-0.4, -0.2) is 23.2 Å². The molecule has 4 heteroatoms. The number of fused-ring (bicyclic) bond motifs is 1. The minimum absolute atomic E-state index is 0.0123. The number of hydrogen-bond donors (Lipinski definition) is 2. The van der Waals surface area contributed by atoms with Crippen LogP contribution in [0.2, 0.25) is 0 Å². The fourth-order valence-corrected chi connectivity index (χ4v) is 6.02. The zero-order valence-corrected chi connectivity index (χ0v) is 18.2. The van der Waals surface area contributed by atoms with Crippen molar-refractivity contribution in [1.29, 1.82) is 0 Å². The molecule has 0 aromatic rings. The van der Waals surface area contributed by atoms with Crippen LogP contribution in [0, 0.1) is 28.6 Å². The van der Waals surface area contributed by atoms with Gasteiger partial charge in [-0.05, 0) is 60.7 Å². The Bertz CT molecular complexity index is 719. The van der Waals surface area contributed by atoms with Crippen LogP contribution in [0.4, 0.5) is 0 Å². The second kappa shape index (κ2) is 7.68. The monoisotopic (exact) mass is 387 g/mol. The van der Waals surface area contributed by atoms with Gasteiger partial charge in [-0.25, -0.2) is 0 Å². The summed E-state index contributed by atoms with van der Waals surface area (Å²) in [5, 5.41) is 14.1. The largest absolute Gasteiger partial charge is 0.505 e. The molecule has 2 fully saturated rings. The SMILES string of the molecule is CC(C)CNC1=CC(=O)C(=O)C(CC2(C)C(C)CCC3(C)CCCCC32)=C1O. The highest BCUT2D eigenvalue weighted by Gasteiger charge is 2.53. The molecule has 3 aliphatic rings. The van der Waals surface area contributed by atoms with E-state index in [1.165, 1.54) is 38.2 Å². The van der Waals surface area contributed by atoms with Crippen LogP contribution in [0.25, 0.3) is 0 Å². The number of carbonyl (C=O) groups excluding carboxylic acids is 2. The van der Waals surface area contributed by atoms with Gasteiger partial charge in [0.1, 0.15) is 5.76 Å². The van der Waals surface area contributed by atoms with Crippen LogP contribution in [0.5, 0.6) is 0 Å². The van der Waals surface area contributed by atoms with Crippen LogP contribution in [0.15, 0.2) is 23.1 Å². The Labute approximate surface area is 169 Å². The van der Waals surface area contributed by atoms with Crippen LogP contribution >= 0.6 is 0 Å². The first-order valence-corrected chi connectivity index (χ1v) is 11.0. The molecule has 0 amide bonds. The molecule has 0 aromatic carbocycles. The topological polar surface area (TPSA) is 66.4 Å². The first-order chi connectivity index (χ1) is 13.1. The maximum absolute atomic E-state index is 12.7. The third-order valence-electron chi connectivity index (χ3n) is 7.97. The van der Waals surface area contributed by atoms with Crippen LogP contribution < -0.4 is 5.32 Å². The van der Waals surface area contributed by atoms with E-state index in [-0.39, 0.29) is 11.2 Å². The molecule has 4 atom stereocenters. The van der Waals surface area contributed by atoms with E-state index in [0.29, 0.717) is 47.4 Å². The van der Waals surface area contributed by atoms with Gasteiger partial charge >= 0.3 is 0 Å². The fourth-order valence-electron chi connectivity index (χ4n) is 6.02. The van der Waals surface area contributed by atoms with E-state index >= 15 is 0 Å². The third kappa shape index (κ3) is 3.67. The normalized spacial score (nSPS) is 36.4. The number of ketones is 2. The van der Waals surface area contributed by atoms with Crippen molar-refractivity contribution in [2.75, 3.05) is 6.54 Å². The van der Waals surface area contributed by atoms with Gasteiger partial charge in [0.15, 0.2) is 0 Å². The molecule has 28 heavy (non-hydrogen) atoms. The second-order valence-corrected chi connectivity index (χ2v) is 10.4. The van der Waals surface area contributed by atoms with Crippen molar-refractivity contribution in [2.45, 2.75) is 79.6 Å². The Morgan fingerprint density at radius 1 is 1.18 bits per heavy atom. The predicted molar refractivity (Wildman–Crippen MR) is 112 cm³/mol. The van der Waals surface area contributed by atoms with Gasteiger partial charge in [0.05, 0.1) is 5.70 Å². The number of Topliss-reactive ketones (excluding diaryl/α,β-unsaturated/α-hetero) is 1. The van der Waals surface area contributed by atoms with E-state index in [1.807, 2.05) is 0 Å². The smallest absolute Gasteiger partial charge is 0.232 e. The van der Waals surface area contributed by atoms with Gasteiger partial charge in [0.2, 0.25) is 11.6 Å². The Hall–Kier alpha value is -1.58. The minimum atomic E-state index is -0.524. The van der Waals surface area contributed by atoms with E-state index in [4.69, 9.17) is 0 Å².